The summed E-state index contributed by atoms with van der Waals surface area (Å²) in [6.45, 7) is 0. The van der Waals surface area contributed by atoms with Gasteiger partial charge in [-0.15, -0.1) is 0 Å². The molecule has 0 radical (unpaired) electrons. The van der Waals surface area contributed by atoms with E-state index in [1.54, 1.807) is 24.3 Å². The van der Waals surface area contributed by atoms with Gasteiger partial charge >= 0.3 is 11.9 Å². The van der Waals surface area contributed by atoms with Crippen LogP contribution >= 0.6 is 0 Å². The van der Waals surface area contributed by atoms with Crippen LogP contribution in [0.25, 0.3) is 0 Å². The van der Waals surface area contributed by atoms with Gasteiger partial charge in [0.25, 0.3) is 0 Å². The Morgan fingerprint density at radius 2 is 0.923 bits per heavy atom. The third kappa shape index (κ3) is 8.85. The van der Waals surface area contributed by atoms with Gasteiger partial charge in [0, 0.05) is 0 Å². The zero-order chi connectivity index (χ0) is 27.5. The molecule has 7 heteroatoms. The van der Waals surface area contributed by atoms with E-state index in [0.717, 1.165) is 62.5 Å². The van der Waals surface area contributed by atoms with Crippen LogP contribution < -0.4 is 0 Å². The van der Waals surface area contributed by atoms with Gasteiger partial charge in [-0.05, 0) is 99.6 Å². The fraction of sp³-hybridized carbons (Fsp3) is 0.438. The van der Waals surface area contributed by atoms with Crippen LogP contribution in [-0.4, -0.2) is 36.4 Å². The van der Waals surface area contributed by atoms with Crippen molar-refractivity contribution in [2.45, 2.75) is 88.6 Å². The Morgan fingerprint density at radius 1 is 0.590 bits per heavy atom. The van der Waals surface area contributed by atoms with Crippen LogP contribution in [0.15, 0.2) is 73.3 Å². The summed E-state index contributed by atoms with van der Waals surface area (Å²) in [6.07, 6.45) is 11.4. The van der Waals surface area contributed by atoms with E-state index in [1.807, 2.05) is 24.3 Å². The molecule has 0 bridgehead atoms. The van der Waals surface area contributed by atoms with E-state index in [1.165, 1.54) is 12.2 Å². The first-order valence-corrected chi connectivity index (χ1v) is 13.8. The summed E-state index contributed by atoms with van der Waals surface area (Å²) >= 11 is 0. The van der Waals surface area contributed by atoms with Gasteiger partial charge in [-0.1, -0.05) is 36.4 Å². The van der Waals surface area contributed by atoms with E-state index in [0.29, 0.717) is 36.6 Å². The van der Waals surface area contributed by atoms with Crippen LogP contribution in [0.3, 0.4) is 0 Å². The lowest BCUT2D eigenvalue weighted by Gasteiger charge is -2.34. The van der Waals surface area contributed by atoms with Crippen molar-refractivity contribution >= 4 is 11.9 Å². The Morgan fingerprint density at radius 3 is 1.26 bits per heavy atom. The second-order valence-electron chi connectivity index (χ2n) is 10.3. The lowest BCUT2D eigenvalue weighted by Crippen LogP contribution is -2.34. The van der Waals surface area contributed by atoms with Gasteiger partial charge in [0.1, 0.15) is 12.2 Å². The van der Waals surface area contributed by atoms with Crippen LogP contribution in [0, 0.1) is 0 Å². The normalized spacial score (nSPS) is 23.6. The Hall–Kier alpha value is -3.32. The number of hydrogen-bond donors (Lipinski definition) is 0. The lowest BCUT2D eigenvalue weighted by atomic mass is 9.92. The van der Waals surface area contributed by atoms with Crippen molar-refractivity contribution in [3.8, 4) is 0 Å². The van der Waals surface area contributed by atoms with E-state index in [9.17, 15) is 18.4 Å². The topological polar surface area (TPSA) is 61.8 Å². The highest BCUT2D eigenvalue weighted by molar-refractivity contribution is 5.90. The molecule has 5 nitrogen and oxygen atoms in total. The summed E-state index contributed by atoms with van der Waals surface area (Å²) in [4.78, 5) is 25.0. The van der Waals surface area contributed by atoms with E-state index in [4.69, 9.17) is 14.2 Å². The third-order valence-corrected chi connectivity index (χ3v) is 7.44. The van der Waals surface area contributed by atoms with Crippen molar-refractivity contribution < 1.29 is 32.6 Å². The molecular formula is C32H36F2O5. The minimum atomic E-state index is -0.329. The highest BCUT2D eigenvalue weighted by Gasteiger charge is 2.30. The molecule has 0 spiro atoms. The zero-order valence-corrected chi connectivity index (χ0v) is 22.1. The summed E-state index contributed by atoms with van der Waals surface area (Å²) in [5.41, 5.74) is 2.87. The molecule has 2 aliphatic carbocycles. The molecule has 2 saturated carbocycles. The van der Waals surface area contributed by atoms with E-state index in [-0.39, 0.29) is 36.4 Å². The Bertz CT molecular complexity index is 1020. The monoisotopic (exact) mass is 538 g/mol. The second kappa shape index (κ2) is 14.7. The minimum absolute atomic E-state index is 0.115. The van der Waals surface area contributed by atoms with Crippen molar-refractivity contribution in [1.29, 1.82) is 0 Å². The molecule has 2 aliphatic rings. The maximum Gasteiger partial charge on any atom is 0.338 e. The maximum absolute atomic E-state index is 12.5. The molecule has 2 fully saturated rings. The number of carbonyl (C=O) groups excluding carboxylic acids is 2. The minimum Gasteiger partial charge on any atom is -0.459 e. The van der Waals surface area contributed by atoms with Crippen molar-refractivity contribution in [2.24, 2.45) is 0 Å². The van der Waals surface area contributed by atoms with Crippen LogP contribution in [0.5, 0.6) is 0 Å². The number of halogens is 2. The van der Waals surface area contributed by atoms with Gasteiger partial charge in [-0.25, -0.2) is 18.4 Å². The summed E-state index contributed by atoms with van der Waals surface area (Å²) in [5.74, 6) is -0.658. The van der Waals surface area contributed by atoms with Crippen LogP contribution in [0.2, 0.25) is 0 Å². The third-order valence-electron chi connectivity index (χ3n) is 7.44. The fourth-order valence-electron chi connectivity index (χ4n) is 5.20. The number of ether oxygens (including phenoxy) is 3. The zero-order valence-electron chi connectivity index (χ0n) is 22.1. The Kier molecular flexibility index (Phi) is 10.8. The number of esters is 2. The number of allylic oxidation sites excluding steroid dienone is 2. The molecular weight excluding hydrogens is 502 g/mol. The average Bonchev–Trinajstić information content (AvgIpc) is 2.97. The van der Waals surface area contributed by atoms with Crippen molar-refractivity contribution in [1.82, 2.24) is 0 Å². The van der Waals surface area contributed by atoms with Crippen molar-refractivity contribution in [2.75, 3.05) is 0 Å². The molecule has 2 aromatic rings. The van der Waals surface area contributed by atoms with Crippen molar-refractivity contribution in [3.05, 3.63) is 95.6 Å². The standard InChI is InChI=1S/C32H36F2O5/c33-21-1-3-23-5-9-25(10-6-23)31(35)38-29-17-13-27(14-18-29)37-28-15-19-30(20-16-28)39-32(36)26-11-7-24(8-12-26)4-2-22-34/h1-2,5-12,21-22,27-30H,3-4,13-20H2. The molecule has 0 amide bonds. The summed E-state index contributed by atoms with van der Waals surface area (Å²) in [6, 6.07) is 14.1. The highest BCUT2D eigenvalue weighted by atomic mass is 19.1. The van der Waals surface area contributed by atoms with Gasteiger partial charge in [0.05, 0.1) is 36.0 Å². The SMILES string of the molecule is O=C(OC1CCC(OC2CCC(OC(=O)c3ccc(CC=CF)cc3)CC2)CC1)c1ccc(CC=CF)cc1. The number of rotatable bonds is 10. The highest BCUT2D eigenvalue weighted by Crippen LogP contribution is 2.30. The molecule has 39 heavy (non-hydrogen) atoms. The predicted octanol–water partition coefficient (Wildman–Crippen LogP) is 7.39. The second-order valence-corrected chi connectivity index (χ2v) is 10.3. The molecule has 0 atom stereocenters. The molecule has 0 heterocycles. The van der Waals surface area contributed by atoms with E-state index < -0.39 is 0 Å². The average molecular weight is 539 g/mol. The summed E-state index contributed by atoms with van der Waals surface area (Å²) in [5, 5.41) is 0. The van der Waals surface area contributed by atoms with Gasteiger partial charge in [-0.2, -0.15) is 0 Å². The number of benzene rings is 2. The largest absolute Gasteiger partial charge is 0.459 e. The van der Waals surface area contributed by atoms with Crippen LogP contribution in [0.1, 0.15) is 83.2 Å². The quantitative estimate of drug-likeness (QED) is 0.295. The molecule has 0 aliphatic heterocycles. The molecule has 0 unspecified atom stereocenters. The molecule has 0 N–H and O–H groups in total. The molecule has 208 valence electrons. The van der Waals surface area contributed by atoms with E-state index in [2.05, 4.69) is 0 Å². The molecule has 2 aromatic carbocycles. The molecule has 0 aromatic heterocycles. The van der Waals surface area contributed by atoms with Crippen LogP contribution in [0.4, 0.5) is 8.78 Å². The fourth-order valence-corrected chi connectivity index (χ4v) is 5.20. The van der Waals surface area contributed by atoms with Crippen LogP contribution in [-0.2, 0) is 27.1 Å². The first-order valence-electron chi connectivity index (χ1n) is 13.8. The first kappa shape index (κ1) is 28.7. The van der Waals surface area contributed by atoms with Gasteiger partial charge in [-0.3, -0.25) is 0 Å². The number of carbonyl (C=O) groups is 2. The Labute approximate surface area is 228 Å². The van der Waals surface area contributed by atoms with Crippen molar-refractivity contribution in [3.63, 3.8) is 0 Å². The summed E-state index contributed by atoms with van der Waals surface area (Å²) in [7, 11) is 0. The number of hydrogen-bond acceptors (Lipinski definition) is 5. The molecule has 4 rings (SSSR count). The molecule has 0 saturated heterocycles. The first-order chi connectivity index (χ1) is 19.0. The lowest BCUT2D eigenvalue weighted by molar-refractivity contribution is -0.0767. The van der Waals surface area contributed by atoms with Gasteiger partial charge in [0.2, 0.25) is 0 Å². The summed E-state index contributed by atoms with van der Waals surface area (Å²) < 4.78 is 42.1. The smallest absolute Gasteiger partial charge is 0.338 e. The maximum atomic E-state index is 12.5. The predicted molar refractivity (Wildman–Crippen MR) is 145 cm³/mol. The van der Waals surface area contributed by atoms with Gasteiger partial charge < -0.3 is 14.2 Å². The van der Waals surface area contributed by atoms with E-state index >= 15 is 0 Å². The van der Waals surface area contributed by atoms with Gasteiger partial charge in [0.15, 0.2) is 0 Å². The Balaban J connectivity index is 1.13.